The van der Waals surface area contributed by atoms with Crippen LogP contribution >= 0.6 is 11.3 Å². The number of thiophene rings is 1. The van der Waals surface area contributed by atoms with Crippen molar-refractivity contribution in [1.29, 1.82) is 0 Å². The van der Waals surface area contributed by atoms with Crippen molar-refractivity contribution in [3.63, 3.8) is 0 Å². The number of rotatable bonds is 7. The summed E-state index contributed by atoms with van der Waals surface area (Å²) in [6.45, 7) is 0.744. The van der Waals surface area contributed by atoms with E-state index < -0.39 is 0 Å². The summed E-state index contributed by atoms with van der Waals surface area (Å²) in [5.74, 6) is -0.388. The van der Waals surface area contributed by atoms with Gasteiger partial charge in [-0.3, -0.25) is 4.79 Å². The number of halogens is 2. The molecule has 0 bridgehead atoms. The van der Waals surface area contributed by atoms with Crippen molar-refractivity contribution in [2.24, 2.45) is 0 Å². The van der Waals surface area contributed by atoms with Crippen molar-refractivity contribution in [2.45, 2.75) is 6.61 Å². The van der Waals surface area contributed by atoms with Crippen LogP contribution in [0.3, 0.4) is 0 Å². The lowest BCUT2D eigenvalue weighted by atomic mass is 10.1. The van der Waals surface area contributed by atoms with Gasteiger partial charge in [-0.1, -0.05) is 6.07 Å². The van der Waals surface area contributed by atoms with Crippen LogP contribution in [0.25, 0.3) is 10.1 Å². The fourth-order valence-corrected chi connectivity index (χ4v) is 3.94. The molecule has 7 heteroatoms. The highest BCUT2D eigenvalue weighted by Crippen LogP contribution is 2.34. The lowest BCUT2D eigenvalue weighted by molar-refractivity contribution is 0.0774. The lowest BCUT2D eigenvalue weighted by Crippen LogP contribution is -2.31. The minimum atomic E-state index is -0.364. The Bertz CT molecular complexity index is 940. The molecule has 0 aliphatic heterocycles. The molecule has 0 fully saturated rings. The summed E-state index contributed by atoms with van der Waals surface area (Å²) >= 11 is 1.25. The monoisotopic (exact) mass is 391 g/mol. The van der Waals surface area contributed by atoms with Crippen LogP contribution in [0.2, 0.25) is 0 Å². The molecule has 2 aromatic carbocycles. The van der Waals surface area contributed by atoms with E-state index in [0.29, 0.717) is 32.8 Å². The molecule has 0 aliphatic carbocycles. The van der Waals surface area contributed by atoms with Gasteiger partial charge in [0.25, 0.3) is 5.91 Å². The molecule has 0 saturated heterocycles. The minimum absolute atomic E-state index is 0.155. The Labute approximate surface area is 159 Å². The summed E-state index contributed by atoms with van der Waals surface area (Å²) in [6, 6.07) is 10.5. The summed E-state index contributed by atoms with van der Waals surface area (Å²) in [7, 11) is 3.17. The van der Waals surface area contributed by atoms with Gasteiger partial charge in [0.1, 0.15) is 24.0 Å². The molecule has 0 aliphatic rings. The number of fused-ring (bicyclic) bond motifs is 1. The molecule has 142 valence electrons. The second kappa shape index (κ2) is 8.45. The van der Waals surface area contributed by atoms with E-state index in [2.05, 4.69) is 0 Å². The SMILES string of the molecule is COCc1c(C(=O)N(C)CCOc2ccc(F)cc2)sc2cccc(F)c12. The van der Waals surface area contributed by atoms with Gasteiger partial charge < -0.3 is 14.4 Å². The van der Waals surface area contributed by atoms with Gasteiger partial charge >= 0.3 is 0 Å². The zero-order chi connectivity index (χ0) is 19.4. The molecule has 0 unspecified atom stereocenters. The number of benzene rings is 2. The summed E-state index contributed by atoms with van der Waals surface area (Å²) < 4.78 is 38.6. The van der Waals surface area contributed by atoms with Gasteiger partial charge in [-0.25, -0.2) is 8.78 Å². The number of likely N-dealkylation sites (N-methyl/N-ethyl adjacent to an activating group) is 1. The van der Waals surface area contributed by atoms with Crippen LogP contribution in [0.4, 0.5) is 8.78 Å². The predicted molar refractivity (Wildman–Crippen MR) is 101 cm³/mol. The standard InChI is InChI=1S/C20H19F2NO3S/c1-23(10-11-26-14-8-6-13(21)7-9-14)20(24)19-15(12-25-2)18-16(22)4-3-5-17(18)27-19/h3-9H,10-12H2,1-2H3. The number of methoxy groups -OCH3 is 1. The quantitative estimate of drug-likeness (QED) is 0.596. The molecule has 0 saturated carbocycles. The van der Waals surface area contributed by atoms with Crippen molar-refractivity contribution < 1.29 is 23.0 Å². The van der Waals surface area contributed by atoms with Crippen LogP contribution in [0.15, 0.2) is 42.5 Å². The number of nitrogens with zero attached hydrogens (tertiary/aromatic N) is 1. The number of hydrogen-bond acceptors (Lipinski definition) is 4. The zero-order valence-electron chi connectivity index (χ0n) is 15.0. The smallest absolute Gasteiger partial charge is 0.264 e. The molecule has 1 aromatic heterocycles. The third-order valence-corrected chi connectivity index (χ3v) is 5.29. The number of ether oxygens (including phenoxy) is 2. The molecule has 1 heterocycles. The number of carbonyl (C=O) groups excluding carboxylic acids is 1. The van der Waals surface area contributed by atoms with E-state index in [1.54, 1.807) is 19.2 Å². The van der Waals surface area contributed by atoms with E-state index >= 15 is 0 Å². The molecule has 3 aromatic rings. The molecular weight excluding hydrogens is 372 g/mol. The van der Waals surface area contributed by atoms with Gasteiger partial charge in [0.15, 0.2) is 0 Å². The maximum atomic E-state index is 14.2. The molecule has 0 spiro atoms. The fraction of sp³-hybridized carbons (Fsp3) is 0.250. The number of hydrogen-bond donors (Lipinski definition) is 0. The average molecular weight is 391 g/mol. The van der Waals surface area contributed by atoms with Gasteiger partial charge in [-0.05, 0) is 36.4 Å². The topological polar surface area (TPSA) is 38.8 Å². The van der Waals surface area contributed by atoms with Gasteiger partial charge in [0.2, 0.25) is 0 Å². The minimum Gasteiger partial charge on any atom is -0.492 e. The average Bonchev–Trinajstić information content (AvgIpc) is 3.03. The van der Waals surface area contributed by atoms with Gasteiger partial charge in [-0.2, -0.15) is 0 Å². The van der Waals surface area contributed by atoms with E-state index in [1.807, 2.05) is 0 Å². The normalized spacial score (nSPS) is 11.0. The van der Waals surface area contributed by atoms with Crippen molar-refractivity contribution >= 4 is 27.3 Å². The largest absolute Gasteiger partial charge is 0.492 e. The summed E-state index contributed by atoms with van der Waals surface area (Å²) in [6.07, 6.45) is 0. The van der Waals surface area contributed by atoms with Crippen molar-refractivity contribution in [1.82, 2.24) is 4.90 Å². The van der Waals surface area contributed by atoms with Gasteiger partial charge in [0.05, 0.1) is 18.0 Å². The highest BCUT2D eigenvalue weighted by molar-refractivity contribution is 7.21. The predicted octanol–water partition coefficient (Wildman–Crippen LogP) is 4.48. The van der Waals surface area contributed by atoms with Crippen LogP contribution in [0.5, 0.6) is 5.75 Å². The third-order valence-electron chi connectivity index (χ3n) is 4.10. The number of amides is 1. The molecular formula is C20H19F2NO3S. The van der Waals surface area contributed by atoms with Gasteiger partial charge in [-0.15, -0.1) is 11.3 Å². The van der Waals surface area contributed by atoms with E-state index in [0.717, 1.165) is 0 Å². The first-order chi connectivity index (χ1) is 13.0. The summed E-state index contributed by atoms with van der Waals surface area (Å²) in [4.78, 5) is 14.8. The Morgan fingerprint density at radius 2 is 1.89 bits per heavy atom. The van der Waals surface area contributed by atoms with Crippen LogP contribution < -0.4 is 4.74 Å². The van der Waals surface area contributed by atoms with E-state index in [-0.39, 0.29) is 30.8 Å². The Morgan fingerprint density at radius 3 is 2.59 bits per heavy atom. The Kier molecular flexibility index (Phi) is 6.03. The first-order valence-corrected chi connectivity index (χ1v) is 9.15. The fourth-order valence-electron chi connectivity index (χ4n) is 2.73. The molecule has 4 nitrogen and oxygen atoms in total. The highest BCUT2D eigenvalue weighted by atomic mass is 32.1. The summed E-state index contributed by atoms with van der Waals surface area (Å²) in [5, 5.41) is 0.434. The van der Waals surface area contributed by atoms with Crippen LogP contribution in [-0.2, 0) is 11.3 Å². The third kappa shape index (κ3) is 4.26. The Balaban J connectivity index is 1.73. The molecule has 0 N–H and O–H groups in total. The zero-order valence-corrected chi connectivity index (χ0v) is 15.8. The highest BCUT2D eigenvalue weighted by Gasteiger charge is 2.23. The molecule has 27 heavy (non-hydrogen) atoms. The maximum Gasteiger partial charge on any atom is 0.264 e. The maximum absolute atomic E-state index is 14.2. The van der Waals surface area contributed by atoms with E-state index in [4.69, 9.17) is 9.47 Å². The van der Waals surface area contributed by atoms with E-state index in [9.17, 15) is 13.6 Å². The second-order valence-electron chi connectivity index (χ2n) is 5.98. The number of carbonyl (C=O) groups is 1. The Hall–Kier alpha value is -2.51. The molecule has 0 radical (unpaired) electrons. The van der Waals surface area contributed by atoms with Gasteiger partial charge in [0, 0.05) is 29.8 Å². The van der Waals surface area contributed by atoms with Crippen LogP contribution in [0, 0.1) is 11.6 Å². The van der Waals surface area contributed by atoms with Crippen molar-refractivity contribution in [3.05, 3.63) is 64.5 Å². The van der Waals surface area contributed by atoms with Crippen LogP contribution in [0.1, 0.15) is 15.2 Å². The Morgan fingerprint density at radius 1 is 1.15 bits per heavy atom. The second-order valence-corrected chi connectivity index (χ2v) is 7.04. The first kappa shape index (κ1) is 19.3. The molecule has 0 atom stereocenters. The first-order valence-electron chi connectivity index (χ1n) is 8.34. The van der Waals surface area contributed by atoms with Crippen LogP contribution in [-0.4, -0.2) is 38.1 Å². The van der Waals surface area contributed by atoms with E-state index in [1.165, 1.54) is 53.7 Å². The molecule has 3 rings (SSSR count). The van der Waals surface area contributed by atoms with Crippen molar-refractivity contribution in [2.75, 3.05) is 27.3 Å². The lowest BCUT2D eigenvalue weighted by Gasteiger charge is -2.17. The summed E-state index contributed by atoms with van der Waals surface area (Å²) in [5.41, 5.74) is 0.562. The van der Waals surface area contributed by atoms with Crippen molar-refractivity contribution in [3.8, 4) is 5.75 Å². The molecule has 1 amide bonds.